The molecule has 3 rings (SSSR count). The lowest BCUT2D eigenvalue weighted by Crippen LogP contribution is -1.57. The Morgan fingerprint density at radius 3 is 1.07 bits per heavy atom. The first-order chi connectivity index (χ1) is 6.79. The smallest absolute Gasteiger partial charge is 0.0145 e. The van der Waals surface area contributed by atoms with Crippen molar-refractivity contribution in [3.8, 4) is 11.1 Å². The second-order valence-corrected chi connectivity index (χ2v) is 3.64. The number of fused-ring (bicyclic) bond motifs is 1. The van der Waals surface area contributed by atoms with Crippen LogP contribution in [0.2, 0.25) is 0 Å². The maximum Gasteiger partial charge on any atom is -0.0145 e. The highest BCUT2D eigenvalue weighted by molar-refractivity contribution is 5.87. The van der Waals surface area contributed by atoms with Crippen molar-refractivity contribution in [2.45, 2.75) is 13.8 Å². The number of rotatable bonds is 0. The maximum atomic E-state index is 2.24. The van der Waals surface area contributed by atoms with Gasteiger partial charge in [-0.1, -0.05) is 42.5 Å². The Labute approximate surface area is 85.2 Å². The van der Waals surface area contributed by atoms with Crippen molar-refractivity contribution in [2.75, 3.05) is 0 Å². The second-order valence-electron chi connectivity index (χ2n) is 3.64. The van der Waals surface area contributed by atoms with Crippen LogP contribution in [-0.2, 0) is 0 Å². The summed E-state index contributed by atoms with van der Waals surface area (Å²) in [5, 5.41) is 0. The Morgan fingerprint density at radius 2 is 0.929 bits per heavy atom. The third-order valence-electron chi connectivity index (χ3n) is 2.44. The highest BCUT2D eigenvalue weighted by Gasteiger charge is 2.17. The first-order valence-electron chi connectivity index (χ1n) is 4.90. The van der Waals surface area contributed by atoms with Gasteiger partial charge in [-0.15, -0.1) is 0 Å². The molecule has 1 aromatic carbocycles. The van der Waals surface area contributed by atoms with Crippen molar-refractivity contribution in [2.24, 2.45) is 0 Å². The van der Waals surface area contributed by atoms with Crippen LogP contribution in [0.1, 0.15) is 11.1 Å². The van der Waals surface area contributed by atoms with Gasteiger partial charge < -0.3 is 0 Å². The van der Waals surface area contributed by atoms with Gasteiger partial charge in [0.25, 0.3) is 0 Å². The lowest BCUT2D eigenvalue weighted by atomic mass is 10.3. The minimum atomic E-state index is 1.44. The van der Waals surface area contributed by atoms with Crippen LogP contribution in [0.25, 0.3) is 11.1 Å². The zero-order valence-electron chi connectivity index (χ0n) is 8.62. The molecule has 2 aliphatic rings. The fourth-order valence-corrected chi connectivity index (χ4v) is 1.63. The minimum absolute atomic E-state index is 1.44. The van der Waals surface area contributed by atoms with Crippen molar-refractivity contribution in [1.82, 2.24) is 0 Å². The lowest BCUT2D eigenvalue weighted by molar-refractivity contribution is 1.50. The van der Waals surface area contributed by atoms with Crippen molar-refractivity contribution in [3.63, 3.8) is 0 Å². The zero-order valence-corrected chi connectivity index (χ0v) is 8.62. The van der Waals surface area contributed by atoms with E-state index in [0.717, 1.165) is 0 Å². The molecule has 0 saturated heterocycles. The average Bonchev–Trinajstić information content (AvgIpc) is 2.96. The highest BCUT2D eigenvalue weighted by Crippen LogP contribution is 2.41. The largest absolute Gasteiger partial charge is 0.0623 e. The molecule has 1 aromatic rings. The van der Waals surface area contributed by atoms with Gasteiger partial charge in [0, 0.05) is 0 Å². The van der Waals surface area contributed by atoms with E-state index < -0.39 is 0 Å². The van der Waals surface area contributed by atoms with Crippen LogP contribution >= 0.6 is 0 Å². The first-order valence-corrected chi connectivity index (χ1v) is 4.90. The Morgan fingerprint density at radius 1 is 0.571 bits per heavy atom. The summed E-state index contributed by atoms with van der Waals surface area (Å²) in [6.45, 7) is 4.32. The summed E-state index contributed by atoms with van der Waals surface area (Å²) < 4.78 is 0. The predicted molar refractivity (Wildman–Crippen MR) is 61.4 cm³/mol. The summed E-state index contributed by atoms with van der Waals surface area (Å²) in [4.78, 5) is 0. The summed E-state index contributed by atoms with van der Waals surface area (Å²) in [7, 11) is 0. The van der Waals surface area contributed by atoms with E-state index in [0.29, 0.717) is 0 Å². The van der Waals surface area contributed by atoms with Gasteiger partial charge in [-0.25, -0.2) is 0 Å². The molecule has 2 aliphatic carbocycles. The summed E-state index contributed by atoms with van der Waals surface area (Å²) in [6.07, 6.45) is 0. The molecule has 0 saturated carbocycles. The minimum Gasteiger partial charge on any atom is -0.0623 e. The molecule has 14 heavy (non-hydrogen) atoms. The predicted octanol–water partition coefficient (Wildman–Crippen LogP) is 3.97. The second kappa shape index (κ2) is 3.67. The number of hydrogen-bond acceptors (Lipinski definition) is 0. The number of benzene rings is 2. The molecule has 0 aromatic heterocycles. The molecule has 0 aliphatic heterocycles. The van der Waals surface area contributed by atoms with E-state index in [2.05, 4.69) is 26.0 Å². The van der Waals surface area contributed by atoms with Crippen molar-refractivity contribution < 1.29 is 0 Å². The van der Waals surface area contributed by atoms with Gasteiger partial charge in [0.05, 0.1) is 0 Å². The standard InChI is InChI=1S/C8H8.C6H6/c1-5-3-6(2)8-4-7(5)8;1-2-4-6-5-3-1/h3-4H,1-2H3;1-6H. The molecule has 0 radical (unpaired) electrons. The molecule has 0 N–H and O–H groups in total. The monoisotopic (exact) mass is 182 g/mol. The van der Waals surface area contributed by atoms with Crippen LogP contribution < -0.4 is 0 Å². The van der Waals surface area contributed by atoms with Crippen LogP contribution in [0.5, 0.6) is 0 Å². The Bertz CT molecular complexity index is 377. The molecule has 0 heteroatoms. The molecule has 0 atom stereocenters. The van der Waals surface area contributed by atoms with Gasteiger partial charge in [0.2, 0.25) is 0 Å². The lowest BCUT2D eigenvalue weighted by Gasteiger charge is -1.75. The fraction of sp³-hybridized carbons (Fsp3) is 0.143. The average molecular weight is 182 g/mol. The molecule has 0 unspecified atom stereocenters. The third-order valence-corrected chi connectivity index (χ3v) is 2.44. The summed E-state index contributed by atoms with van der Waals surface area (Å²) in [5.74, 6) is 0. The van der Waals surface area contributed by atoms with E-state index in [-0.39, 0.29) is 0 Å². The molecule has 0 amide bonds. The van der Waals surface area contributed by atoms with Gasteiger partial charge >= 0.3 is 0 Å². The molecule has 0 spiro atoms. The maximum absolute atomic E-state index is 2.24. The summed E-state index contributed by atoms with van der Waals surface area (Å²) in [6, 6.07) is 16.5. The molecular weight excluding hydrogens is 168 g/mol. The Hall–Kier alpha value is -1.56. The van der Waals surface area contributed by atoms with E-state index in [1.165, 1.54) is 22.3 Å². The summed E-state index contributed by atoms with van der Waals surface area (Å²) >= 11 is 0. The molecule has 0 fully saturated rings. The van der Waals surface area contributed by atoms with E-state index >= 15 is 0 Å². The fourth-order valence-electron chi connectivity index (χ4n) is 1.63. The molecule has 0 heterocycles. The topological polar surface area (TPSA) is 0 Å². The highest BCUT2D eigenvalue weighted by atomic mass is 14.2. The van der Waals surface area contributed by atoms with Gasteiger partial charge in [-0.3, -0.25) is 0 Å². The van der Waals surface area contributed by atoms with Crippen molar-refractivity contribution >= 4 is 0 Å². The van der Waals surface area contributed by atoms with Crippen molar-refractivity contribution in [1.29, 1.82) is 0 Å². The normalized spacial score (nSPS) is 10.1. The van der Waals surface area contributed by atoms with E-state index in [1.807, 2.05) is 36.4 Å². The Balaban J connectivity index is 0.000000112. The molecular formula is C14H14. The number of hydrogen-bond donors (Lipinski definition) is 0. The van der Waals surface area contributed by atoms with E-state index in [4.69, 9.17) is 0 Å². The van der Waals surface area contributed by atoms with Crippen LogP contribution in [0, 0.1) is 13.8 Å². The van der Waals surface area contributed by atoms with Gasteiger partial charge in [0.15, 0.2) is 0 Å². The zero-order chi connectivity index (χ0) is 9.97. The molecule has 0 bridgehead atoms. The quantitative estimate of drug-likeness (QED) is 0.493. The van der Waals surface area contributed by atoms with E-state index in [9.17, 15) is 0 Å². The van der Waals surface area contributed by atoms with Crippen molar-refractivity contribution in [3.05, 3.63) is 59.7 Å². The number of aryl methyl sites for hydroxylation is 2. The van der Waals surface area contributed by atoms with E-state index in [1.54, 1.807) is 0 Å². The van der Waals surface area contributed by atoms with Crippen LogP contribution in [0.15, 0.2) is 48.5 Å². The SMILES string of the molecule is Cc1cc(C)c2cc1-2.c1ccccc1. The molecule has 0 nitrogen and oxygen atoms in total. The van der Waals surface area contributed by atoms with Crippen LogP contribution in [-0.4, -0.2) is 0 Å². The van der Waals surface area contributed by atoms with Gasteiger partial charge in [0.1, 0.15) is 0 Å². The summed E-state index contributed by atoms with van der Waals surface area (Å²) in [5.41, 5.74) is 5.86. The first kappa shape index (κ1) is 9.01. The van der Waals surface area contributed by atoms with Gasteiger partial charge in [-0.2, -0.15) is 0 Å². The van der Waals surface area contributed by atoms with Crippen LogP contribution in [0.3, 0.4) is 0 Å². The third kappa shape index (κ3) is 1.85. The van der Waals surface area contributed by atoms with Crippen LogP contribution in [0.4, 0.5) is 0 Å². The molecule has 70 valence electrons. The Kier molecular flexibility index (Phi) is 2.36. The van der Waals surface area contributed by atoms with Gasteiger partial charge in [-0.05, 0) is 42.2 Å².